The van der Waals surface area contributed by atoms with Crippen molar-refractivity contribution in [2.45, 2.75) is 18.7 Å². The first kappa shape index (κ1) is 14.0. The van der Waals surface area contributed by atoms with Gasteiger partial charge in [-0.05, 0) is 36.4 Å². The molecular formula is C17H19N3S. The summed E-state index contributed by atoms with van der Waals surface area (Å²) in [5, 5.41) is 0. The Kier molecular flexibility index (Phi) is 3.64. The smallest absolute Gasteiger partial charge is 0.142 e. The predicted molar refractivity (Wildman–Crippen MR) is 91.7 cm³/mol. The number of thioether (sulfide) groups is 1. The van der Waals surface area contributed by atoms with Crippen LogP contribution in [0.3, 0.4) is 0 Å². The number of hydrogen-bond donors (Lipinski definition) is 1. The van der Waals surface area contributed by atoms with Gasteiger partial charge in [-0.25, -0.2) is 4.98 Å². The van der Waals surface area contributed by atoms with Crippen molar-refractivity contribution < 1.29 is 0 Å². The molecule has 0 fully saturated rings. The van der Waals surface area contributed by atoms with Gasteiger partial charge in [0.05, 0.1) is 16.7 Å². The number of nitrogens with zero attached hydrogens (tertiary/aromatic N) is 2. The Labute approximate surface area is 129 Å². The highest BCUT2D eigenvalue weighted by Crippen LogP contribution is 2.33. The van der Waals surface area contributed by atoms with E-state index >= 15 is 0 Å². The maximum absolute atomic E-state index is 6.18. The van der Waals surface area contributed by atoms with Gasteiger partial charge in [0.1, 0.15) is 5.82 Å². The summed E-state index contributed by atoms with van der Waals surface area (Å²) in [5.74, 6) is 2.02. The fourth-order valence-corrected chi connectivity index (χ4v) is 3.51. The van der Waals surface area contributed by atoms with Gasteiger partial charge in [0.15, 0.2) is 0 Å². The Morgan fingerprint density at radius 2 is 2.00 bits per heavy atom. The van der Waals surface area contributed by atoms with Crippen molar-refractivity contribution in [1.29, 1.82) is 0 Å². The molecule has 2 N–H and O–H groups in total. The second kappa shape index (κ2) is 5.45. The molecule has 0 radical (unpaired) electrons. The predicted octanol–water partition coefficient (Wildman–Crippen LogP) is 4.24. The minimum atomic E-state index is 0.784. The molecule has 3 nitrogen and oxygen atoms in total. The molecule has 21 heavy (non-hydrogen) atoms. The summed E-state index contributed by atoms with van der Waals surface area (Å²) in [4.78, 5) is 6.07. The molecule has 0 spiro atoms. The van der Waals surface area contributed by atoms with Crippen LogP contribution in [-0.2, 0) is 7.05 Å². The van der Waals surface area contributed by atoms with Crippen LogP contribution in [0, 0.1) is 6.92 Å². The summed E-state index contributed by atoms with van der Waals surface area (Å²) in [6.45, 7) is 4.21. The monoisotopic (exact) mass is 297 g/mol. The molecule has 108 valence electrons. The van der Waals surface area contributed by atoms with Crippen LogP contribution in [0.15, 0.2) is 41.3 Å². The topological polar surface area (TPSA) is 43.8 Å². The van der Waals surface area contributed by atoms with Crippen molar-refractivity contribution in [2.24, 2.45) is 7.05 Å². The van der Waals surface area contributed by atoms with E-state index in [-0.39, 0.29) is 0 Å². The first-order valence-electron chi connectivity index (χ1n) is 7.06. The lowest BCUT2D eigenvalue weighted by atomic mass is 10.2. The molecule has 0 saturated heterocycles. The van der Waals surface area contributed by atoms with Crippen molar-refractivity contribution >= 4 is 28.5 Å². The van der Waals surface area contributed by atoms with Crippen LogP contribution in [-0.4, -0.2) is 15.3 Å². The number of benzene rings is 2. The van der Waals surface area contributed by atoms with E-state index in [1.54, 1.807) is 0 Å². The van der Waals surface area contributed by atoms with Crippen LogP contribution >= 0.6 is 11.8 Å². The number of imidazole rings is 1. The SMILES string of the molecule is CCSc1ccccc1-c1nc2cc(C)cc(N)c2n1C. The molecule has 0 unspecified atom stereocenters. The molecule has 0 aliphatic heterocycles. The van der Waals surface area contributed by atoms with Gasteiger partial charge < -0.3 is 10.3 Å². The molecular weight excluding hydrogens is 278 g/mol. The Balaban J connectivity index is 2.27. The first-order chi connectivity index (χ1) is 10.1. The van der Waals surface area contributed by atoms with E-state index in [0.717, 1.165) is 33.9 Å². The summed E-state index contributed by atoms with van der Waals surface area (Å²) in [6, 6.07) is 12.5. The molecule has 3 aromatic rings. The summed E-state index contributed by atoms with van der Waals surface area (Å²) in [7, 11) is 2.03. The average molecular weight is 297 g/mol. The van der Waals surface area contributed by atoms with Crippen molar-refractivity contribution in [3.8, 4) is 11.4 Å². The van der Waals surface area contributed by atoms with Gasteiger partial charge in [-0.3, -0.25) is 0 Å². The van der Waals surface area contributed by atoms with E-state index in [2.05, 4.69) is 41.8 Å². The molecule has 0 saturated carbocycles. The quantitative estimate of drug-likeness (QED) is 0.581. The molecule has 0 bridgehead atoms. The maximum atomic E-state index is 6.18. The molecule has 0 atom stereocenters. The van der Waals surface area contributed by atoms with E-state index in [1.807, 2.05) is 31.8 Å². The minimum Gasteiger partial charge on any atom is -0.397 e. The Hall–Kier alpha value is -1.94. The van der Waals surface area contributed by atoms with Gasteiger partial charge in [0.25, 0.3) is 0 Å². The summed E-state index contributed by atoms with van der Waals surface area (Å²) < 4.78 is 2.10. The largest absolute Gasteiger partial charge is 0.397 e. The van der Waals surface area contributed by atoms with Crippen LogP contribution in [0.2, 0.25) is 0 Å². The lowest BCUT2D eigenvalue weighted by molar-refractivity contribution is 0.956. The molecule has 0 aliphatic rings. The normalized spacial score (nSPS) is 11.2. The van der Waals surface area contributed by atoms with Crippen molar-refractivity contribution in [3.05, 3.63) is 42.0 Å². The Morgan fingerprint density at radius 3 is 2.76 bits per heavy atom. The summed E-state index contributed by atoms with van der Waals surface area (Å²) in [5.41, 5.74) is 11.2. The van der Waals surface area contributed by atoms with Crippen molar-refractivity contribution in [1.82, 2.24) is 9.55 Å². The highest BCUT2D eigenvalue weighted by atomic mass is 32.2. The molecule has 0 amide bonds. The Morgan fingerprint density at radius 1 is 1.24 bits per heavy atom. The van der Waals surface area contributed by atoms with Gasteiger partial charge >= 0.3 is 0 Å². The molecule has 1 aromatic heterocycles. The zero-order valence-corrected chi connectivity index (χ0v) is 13.4. The number of aryl methyl sites for hydroxylation is 2. The zero-order valence-electron chi connectivity index (χ0n) is 12.6. The Bertz CT molecular complexity index is 805. The lowest BCUT2D eigenvalue weighted by Crippen LogP contribution is -1.97. The van der Waals surface area contributed by atoms with E-state index in [9.17, 15) is 0 Å². The maximum Gasteiger partial charge on any atom is 0.142 e. The third kappa shape index (κ3) is 2.40. The number of fused-ring (bicyclic) bond motifs is 1. The number of aromatic nitrogens is 2. The second-order valence-electron chi connectivity index (χ2n) is 5.15. The minimum absolute atomic E-state index is 0.784. The third-order valence-corrected chi connectivity index (χ3v) is 4.53. The highest BCUT2D eigenvalue weighted by molar-refractivity contribution is 7.99. The first-order valence-corrected chi connectivity index (χ1v) is 8.05. The van der Waals surface area contributed by atoms with Gasteiger partial charge in [-0.2, -0.15) is 0 Å². The molecule has 1 heterocycles. The number of rotatable bonds is 3. The number of hydrogen-bond acceptors (Lipinski definition) is 3. The van der Waals surface area contributed by atoms with Gasteiger partial charge in [0, 0.05) is 17.5 Å². The van der Waals surface area contributed by atoms with Gasteiger partial charge in [0.2, 0.25) is 0 Å². The van der Waals surface area contributed by atoms with Crippen LogP contribution in [0.1, 0.15) is 12.5 Å². The standard InChI is InChI=1S/C17H19N3S/c1-4-21-15-8-6-5-7-12(15)17-19-14-10-11(2)9-13(18)16(14)20(17)3/h5-10H,4,18H2,1-3H3. The zero-order chi connectivity index (χ0) is 15.0. The molecule has 2 aromatic carbocycles. The van der Waals surface area contributed by atoms with Crippen LogP contribution in [0.4, 0.5) is 5.69 Å². The van der Waals surface area contributed by atoms with Crippen LogP contribution < -0.4 is 5.73 Å². The van der Waals surface area contributed by atoms with E-state index in [0.29, 0.717) is 0 Å². The second-order valence-corrected chi connectivity index (χ2v) is 6.45. The summed E-state index contributed by atoms with van der Waals surface area (Å²) >= 11 is 1.84. The fraction of sp³-hybridized carbons (Fsp3) is 0.235. The average Bonchev–Trinajstić information content (AvgIpc) is 2.77. The van der Waals surface area contributed by atoms with Gasteiger partial charge in [-0.1, -0.05) is 25.1 Å². The van der Waals surface area contributed by atoms with Crippen LogP contribution in [0.5, 0.6) is 0 Å². The van der Waals surface area contributed by atoms with E-state index < -0.39 is 0 Å². The van der Waals surface area contributed by atoms with E-state index in [1.165, 1.54) is 10.5 Å². The number of nitrogen functional groups attached to an aromatic ring is 1. The van der Waals surface area contributed by atoms with Crippen molar-refractivity contribution in [3.63, 3.8) is 0 Å². The fourth-order valence-electron chi connectivity index (χ4n) is 2.71. The van der Waals surface area contributed by atoms with Crippen LogP contribution in [0.25, 0.3) is 22.4 Å². The van der Waals surface area contributed by atoms with Crippen molar-refractivity contribution in [2.75, 3.05) is 11.5 Å². The number of anilines is 1. The van der Waals surface area contributed by atoms with E-state index in [4.69, 9.17) is 10.7 Å². The highest BCUT2D eigenvalue weighted by Gasteiger charge is 2.15. The third-order valence-electron chi connectivity index (χ3n) is 3.57. The van der Waals surface area contributed by atoms with Gasteiger partial charge in [-0.15, -0.1) is 11.8 Å². The molecule has 3 rings (SSSR count). The number of nitrogens with two attached hydrogens (primary N) is 1. The molecule has 4 heteroatoms. The lowest BCUT2D eigenvalue weighted by Gasteiger charge is -2.08. The summed E-state index contributed by atoms with van der Waals surface area (Å²) in [6.07, 6.45) is 0. The molecule has 0 aliphatic carbocycles.